The molecule has 0 aromatic heterocycles. The summed E-state index contributed by atoms with van der Waals surface area (Å²) in [6.45, 7) is 10.0. The summed E-state index contributed by atoms with van der Waals surface area (Å²) in [6.07, 6.45) is 2.43. The number of benzene rings is 2. The molecule has 2 atom stereocenters. The molecule has 0 unspecified atom stereocenters. The number of hydrogen-bond donors (Lipinski definition) is 1. The van der Waals surface area contributed by atoms with Crippen LogP contribution in [0.5, 0.6) is 0 Å². The molecule has 0 spiro atoms. The summed E-state index contributed by atoms with van der Waals surface area (Å²) in [5.74, 6) is -0.378. The predicted octanol–water partition coefficient (Wildman–Crippen LogP) is 4.18. The fourth-order valence-electron chi connectivity index (χ4n) is 3.81. The van der Waals surface area contributed by atoms with Gasteiger partial charge in [-0.15, -0.1) is 0 Å². The van der Waals surface area contributed by atoms with E-state index in [0.29, 0.717) is 18.7 Å². The molecule has 7 nitrogen and oxygen atoms in total. The molecular weight excluding hydrogens is 462 g/mol. The number of carbonyl (C=O) groups is 2. The normalized spacial score (nSPS) is 13.1. The van der Waals surface area contributed by atoms with E-state index in [1.165, 1.54) is 10.6 Å². The molecule has 8 heteroatoms. The Morgan fingerprint density at radius 2 is 1.71 bits per heavy atom. The van der Waals surface area contributed by atoms with Gasteiger partial charge in [-0.25, -0.2) is 8.42 Å². The zero-order chi connectivity index (χ0) is 26.2. The minimum atomic E-state index is -3.51. The third-order valence-electron chi connectivity index (χ3n) is 6.21. The maximum Gasteiger partial charge on any atom is 0.242 e. The summed E-state index contributed by atoms with van der Waals surface area (Å²) >= 11 is 0. The molecule has 1 N–H and O–H groups in total. The minimum absolute atomic E-state index is 0.0120. The van der Waals surface area contributed by atoms with E-state index in [1.807, 2.05) is 70.2 Å². The van der Waals surface area contributed by atoms with Gasteiger partial charge in [0, 0.05) is 25.6 Å². The van der Waals surface area contributed by atoms with Crippen molar-refractivity contribution in [2.24, 2.45) is 0 Å². The van der Waals surface area contributed by atoms with Crippen molar-refractivity contribution in [3.63, 3.8) is 0 Å². The first kappa shape index (κ1) is 28.4. The Bertz CT molecular complexity index is 1120. The van der Waals surface area contributed by atoms with E-state index in [0.717, 1.165) is 23.1 Å². The molecule has 0 saturated heterocycles. The van der Waals surface area contributed by atoms with Crippen LogP contribution in [0.15, 0.2) is 48.5 Å². The van der Waals surface area contributed by atoms with E-state index in [4.69, 9.17) is 0 Å². The minimum Gasteiger partial charge on any atom is -0.352 e. The number of aryl methyl sites for hydroxylation is 2. The first-order valence-corrected chi connectivity index (χ1v) is 14.0. The van der Waals surface area contributed by atoms with Gasteiger partial charge in [0.2, 0.25) is 21.8 Å². The summed E-state index contributed by atoms with van der Waals surface area (Å²) < 4.78 is 26.2. The van der Waals surface area contributed by atoms with E-state index in [9.17, 15) is 18.0 Å². The van der Waals surface area contributed by atoms with Crippen LogP contribution in [0.1, 0.15) is 56.7 Å². The van der Waals surface area contributed by atoms with Crippen molar-refractivity contribution < 1.29 is 18.0 Å². The average molecular weight is 502 g/mol. The highest BCUT2D eigenvalue weighted by Crippen LogP contribution is 2.20. The summed E-state index contributed by atoms with van der Waals surface area (Å²) in [5.41, 5.74) is 3.56. The predicted molar refractivity (Wildman–Crippen MR) is 142 cm³/mol. The Hall–Kier alpha value is -2.87. The highest BCUT2D eigenvalue weighted by atomic mass is 32.2. The van der Waals surface area contributed by atoms with Crippen molar-refractivity contribution in [1.29, 1.82) is 0 Å². The van der Waals surface area contributed by atoms with Gasteiger partial charge >= 0.3 is 0 Å². The highest BCUT2D eigenvalue weighted by molar-refractivity contribution is 7.92. The number of anilines is 1. The second kappa shape index (κ2) is 12.7. The van der Waals surface area contributed by atoms with Crippen LogP contribution in [-0.2, 0) is 26.2 Å². The Morgan fingerprint density at radius 1 is 1.03 bits per heavy atom. The zero-order valence-electron chi connectivity index (χ0n) is 21.7. The molecule has 2 aromatic carbocycles. The first-order valence-electron chi connectivity index (χ1n) is 12.1. The lowest BCUT2D eigenvalue weighted by molar-refractivity contribution is -0.140. The van der Waals surface area contributed by atoms with Crippen molar-refractivity contribution in [1.82, 2.24) is 10.2 Å². The lowest BCUT2D eigenvalue weighted by Gasteiger charge is -2.30. The SMILES string of the molecule is CC[C@@H](C)NC(=O)[C@H](C)N(Cc1ccccc1C)C(=O)CCCN(c1cccc(C)c1)S(C)(=O)=O. The molecule has 0 aliphatic heterocycles. The Kier molecular flexibility index (Phi) is 10.3. The van der Waals surface area contributed by atoms with E-state index >= 15 is 0 Å². The van der Waals surface area contributed by atoms with Crippen LogP contribution in [0.4, 0.5) is 5.69 Å². The van der Waals surface area contributed by atoms with Crippen molar-refractivity contribution >= 4 is 27.5 Å². The quantitative estimate of drug-likeness (QED) is 0.473. The van der Waals surface area contributed by atoms with Crippen LogP contribution in [0.2, 0.25) is 0 Å². The summed E-state index contributed by atoms with van der Waals surface area (Å²) in [7, 11) is -3.51. The van der Waals surface area contributed by atoms with Gasteiger partial charge in [0.15, 0.2) is 0 Å². The van der Waals surface area contributed by atoms with Gasteiger partial charge in [0.25, 0.3) is 0 Å². The van der Waals surface area contributed by atoms with Gasteiger partial charge < -0.3 is 10.2 Å². The van der Waals surface area contributed by atoms with E-state index in [-0.39, 0.29) is 30.8 Å². The van der Waals surface area contributed by atoms with Crippen LogP contribution < -0.4 is 9.62 Å². The maximum atomic E-state index is 13.4. The molecule has 0 fully saturated rings. The Labute approximate surface area is 210 Å². The zero-order valence-corrected chi connectivity index (χ0v) is 22.6. The highest BCUT2D eigenvalue weighted by Gasteiger charge is 2.27. The molecule has 0 saturated carbocycles. The van der Waals surface area contributed by atoms with Crippen LogP contribution in [0.3, 0.4) is 0 Å². The molecular formula is C27H39N3O4S. The van der Waals surface area contributed by atoms with Gasteiger partial charge in [-0.1, -0.05) is 43.3 Å². The first-order chi connectivity index (χ1) is 16.4. The molecule has 0 heterocycles. The molecule has 2 aromatic rings. The number of nitrogens with zero attached hydrogens (tertiary/aromatic N) is 2. The van der Waals surface area contributed by atoms with Crippen LogP contribution in [0, 0.1) is 13.8 Å². The van der Waals surface area contributed by atoms with Gasteiger partial charge in [0.05, 0.1) is 11.9 Å². The average Bonchev–Trinajstić information content (AvgIpc) is 2.79. The molecule has 35 heavy (non-hydrogen) atoms. The third-order valence-corrected chi connectivity index (χ3v) is 7.41. The lowest BCUT2D eigenvalue weighted by Crippen LogP contribution is -2.49. The standard InChI is InChI=1S/C27H39N3O4S/c1-7-22(4)28-27(32)23(5)29(19-24-14-9-8-13-21(24)3)26(31)16-11-17-30(35(6,33)34)25-15-10-12-20(2)18-25/h8-10,12-15,18,22-23H,7,11,16-17,19H2,1-6H3,(H,28,32)/t22-,23+/m1/s1. The van der Waals surface area contributed by atoms with Crippen LogP contribution >= 0.6 is 0 Å². The van der Waals surface area contributed by atoms with Crippen LogP contribution in [-0.4, -0.2) is 50.0 Å². The topological polar surface area (TPSA) is 86.8 Å². The number of sulfonamides is 1. The molecule has 0 aliphatic rings. The second-order valence-corrected chi connectivity index (χ2v) is 11.1. The third kappa shape index (κ3) is 8.38. The second-order valence-electron chi connectivity index (χ2n) is 9.22. The number of amides is 2. The van der Waals surface area contributed by atoms with Gasteiger partial charge in [-0.05, 0) is 69.4 Å². The van der Waals surface area contributed by atoms with Crippen molar-refractivity contribution in [3.8, 4) is 0 Å². The molecule has 192 valence electrons. The van der Waals surface area contributed by atoms with Crippen molar-refractivity contribution in [2.75, 3.05) is 17.1 Å². The summed E-state index contributed by atoms with van der Waals surface area (Å²) in [4.78, 5) is 27.8. The maximum absolute atomic E-state index is 13.4. The van der Waals surface area contributed by atoms with E-state index < -0.39 is 16.1 Å². The molecule has 0 radical (unpaired) electrons. The Balaban J connectivity index is 2.19. The van der Waals surface area contributed by atoms with Gasteiger partial charge in [-0.3, -0.25) is 13.9 Å². The van der Waals surface area contributed by atoms with Crippen molar-refractivity contribution in [3.05, 3.63) is 65.2 Å². The summed E-state index contributed by atoms with van der Waals surface area (Å²) in [6, 6.07) is 14.4. The molecule has 0 bridgehead atoms. The molecule has 0 aliphatic carbocycles. The lowest BCUT2D eigenvalue weighted by atomic mass is 10.1. The largest absolute Gasteiger partial charge is 0.352 e. The van der Waals surface area contributed by atoms with E-state index in [1.54, 1.807) is 17.9 Å². The number of rotatable bonds is 12. The number of nitrogens with one attached hydrogen (secondary N) is 1. The smallest absolute Gasteiger partial charge is 0.242 e. The molecule has 2 amide bonds. The van der Waals surface area contributed by atoms with Gasteiger partial charge in [-0.2, -0.15) is 0 Å². The van der Waals surface area contributed by atoms with Crippen molar-refractivity contribution in [2.45, 2.75) is 72.5 Å². The fourth-order valence-corrected chi connectivity index (χ4v) is 4.76. The van der Waals surface area contributed by atoms with Gasteiger partial charge in [0.1, 0.15) is 6.04 Å². The number of hydrogen-bond acceptors (Lipinski definition) is 4. The monoisotopic (exact) mass is 501 g/mol. The van der Waals surface area contributed by atoms with E-state index in [2.05, 4.69) is 5.32 Å². The number of carbonyl (C=O) groups excluding carboxylic acids is 2. The summed E-state index contributed by atoms with van der Waals surface area (Å²) in [5, 5.41) is 2.97. The fraction of sp³-hybridized carbons (Fsp3) is 0.481. The van der Waals surface area contributed by atoms with Crippen LogP contribution in [0.25, 0.3) is 0 Å². The molecule has 2 rings (SSSR count). The Morgan fingerprint density at radius 3 is 2.31 bits per heavy atom.